The van der Waals surface area contributed by atoms with Crippen molar-refractivity contribution in [3.63, 3.8) is 0 Å². The quantitative estimate of drug-likeness (QED) is 0.418. The van der Waals surface area contributed by atoms with Crippen LogP contribution in [-0.4, -0.2) is 9.46 Å². The zero-order chi connectivity index (χ0) is 6.57. The van der Waals surface area contributed by atoms with Gasteiger partial charge in [-0.25, -0.2) is 0 Å². The van der Waals surface area contributed by atoms with Crippen molar-refractivity contribution in [2.75, 3.05) is 0 Å². The van der Waals surface area contributed by atoms with Crippen LogP contribution in [0.2, 0.25) is 0 Å². The lowest BCUT2D eigenvalue weighted by Crippen LogP contribution is -1.93. The highest BCUT2D eigenvalue weighted by molar-refractivity contribution is 7.75. The summed E-state index contributed by atoms with van der Waals surface area (Å²) in [6.45, 7) is 3.53. The van der Waals surface area contributed by atoms with Crippen LogP contribution in [0, 0.1) is 11.5 Å². The second-order valence-electron chi connectivity index (χ2n) is 1.60. The normalized spacial score (nSPS) is 13.8. The number of nitriles is 1. The number of hydrogen-bond donors (Lipinski definition) is 1. The Labute approximate surface area is 50.5 Å². The van der Waals surface area contributed by atoms with Gasteiger partial charge >= 0.3 is 0 Å². The van der Waals surface area contributed by atoms with Gasteiger partial charge in [0.2, 0.25) is 6.19 Å². The highest BCUT2D eigenvalue weighted by Gasteiger charge is 1.89. The fourth-order valence-electron chi connectivity index (χ4n) is 0.160. The summed E-state index contributed by atoms with van der Waals surface area (Å²) in [5.41, 5.74) is 0. The fraction of sp³-hybridized carbons (Fsp3) is 0.750. The molecule has 1 unspecified atom stereocenters. The molecule has 0 N–H and O–H groups in total. The second kappa shape index (κ2) is 3.44. The molecule has 0 aliphatic rings. The minimum absolute atomic E-state index is 0.00958. The van der Waals surface area contributed by atoms with Gasteiger partial charge in [-0.3, -0.25) is 4.21 Å². The van der Waals surface area contributed by atoms with Crippen LogP contribution in [0.3, 0.4) is 0 Å². The van der Waals surface area contributed by atoms with E-state index in [-0.39, 0.29) is 5.25 Å². The van der Waals surface area contributed by atoms with Gasteiger partial charge in [-0.05, 0) is 0 Å². The van der Waals surface area contributed by atoms with E-state index in [1.807, 2.05) is 0 Å². The lowest BCUT2D eigenvalue weighted by Gasteiger charge is -1.88. The monoisotopic (exact) mass is 132 g/mol. The first kappa shape index (κ1) is 7.44. The van der Waals surface area contributed by atoms with Crippen molar-refractivity contribution in [1.29, 1.82) is 5.26 Å². The van der Waals surface area contributed by atoms with E-state index in [4.69, 9.17) is 5.26 Å². The Morgan fingerprint density at radius 3 is 2.38 bits per heavy atom. The molecule has 4 heteroatoms. The largest absolute Gasteiger partial charge is 0.251 e. The standard InChI is InChI=1S/C4H8N2OS/c1-4(2)8(7)6-3-5/h4,8H,1-2H3. The zero-order valence-electron chi connectivity index (χ0n) is 4.83. The maximum Gasteiger partial charge on any atom is 0.214 e. The van der Waals surface area contributed by atoms with Gasteiger partial charge in [0.05, 0.1) is 10.6 Å². The maximum absolute atomic E-state index is 10.5. The SMILES string of the molecule is CC(C)/[SH](=O)=N\C#N. The third kappa shape index (κ3) is 2.59. The van der Waals surface area contributed by atoms with Crippen LogP contribution in [0.4, 0.5) is 0 Å². The van der Waals surface area contributed by atoms with Crippen molar-refractivity contribution >= 4 is 10.6 Å². The summed E-state index contributed by atoms with van der Waals surface area (Å²) in [6, 6.07) is 0. The lowest BCUT2D eigenvalue weighted by atomic mass is 10.6. The van der Waals surface area contributed by atoms with Gasteiger partial charge in [0.25, 0.3) is 0 Å². The van der Waals surface area contributed by atoms with Gasteiger partial charge in [0.15, 0.2) is 0 Å². The highest BCUT2D eigenvalue weighted by Crippen LogP contribution is 1.85. The van der Waals surface area contributed by atoms with Crippen LogP contribution in [0.25, 0.3) is 0 Å². The molecule has 0 amide bonds. The zero-order valence-corrected chi connectivity index (χ0v) is 5.72. The average molecular weight is 132 g/mol. The van der Waals surface area contributed by atoms with E-state index in [0.717, 1.165) is 0 Å². The molecular formula is C4H8N2OS. The Balaban J connectivity index is 4.08. The van der Waals surface area contributed by atoms with Gasteiger partial charge in [0.1, 0.15) is 0 Å². The lowest BCUT2D eigenvalue weighted by molar-refractivity contribution is 0.683. The Morgan fingerprint density at radius 1 is 1.75 bits per heavy atom. The van der Waals surface area contributed by atoms with Crippen molar-refractivity contribution in [2.45, 2.75) is 19.1 Å². The van der Waals surface area contributed by atoms with Crippen molar-refractivity contribution in [3.8, 4) is 6.19 Å². The van der Waals surface area contributed by atoms with E-state index in [9.17, 15) is 4.21 Å². The number of hydrogen-bond acceptors (Lipinski definition) is 3. The summed E-state index contributed by atoms with van der Waals surface area (Å²) < 4.78 is 13.6. The van der Waals surface area contributed by atoms with Gasteiger partial charge in [0, 0.05) is 5.25 Å². The van der Waals surface area contributed by atoms with Crippen LogP contribution in [0.1, 0.15) is 13.8 Å². The Hall–Kier alpha value is -0.560. The summed E-state index contributed by atoms with van der Waals surface area (Å²) in [6.07, 6.45) is 1.49. The summed E-state index contributed by atoms with van der Waals surface area (Å²) >= 11 is 0. The highest BCUT2D eigenvalue weighted by atomic mass is 32.2. The van der Waals surface area contributed by atoms with Crippen LogP contribution in [0.5, 0.6) is 0 Å². The first-order valence-corrected chi connectivity index (χ1v) is 3.52. The molecule has 0 bridgehead atoms. The molecule has 0 fully saturated rings. The van der Waals surface area contributed by atoms with Gasteiger partial charge < -0.3 is 0 Å². The fourth-order valence-corrected chi connectivity index (χ4v) is 0.479. The Bertz CT molecular complexity index is 173. The summed E-state index contributed by atoms with van der Waals surface area (Å²) in [5.74, 6) is 0. The van der Waals surface area contributed by atoms with E-state index < -0.39 is 10.6 Å². The third-order valence-corrected chi connectivity index (χ3v) is 1.76. The third-order valence-electron chi connectivity index (χ3n) is 0.585. The van der Waals surface area contributed by atoms with Crippen molar-refractivity contribution in [2.24, 2.45) is 4.36 Å². The molecule has 3 nitrogen and oxygen atoms in total. The molecule has 0 rings (SSSR count). The van der Waals surface area contributed by atoms with Crippen LogP contribution < -0.4 is 0 Å². The Morgan fingerprint density at radius 2 is 2.25 bits per heavy atom. The molecule has 0 spiro atoms. The van der Waals surface area contributed by atoms with Crippen molar-refractivity contribution in [3.05, 3.63) is 0 Å². The minimum atomic E-state index is -1.63. The molecule has 0 aliphatic heterocycles. The smallest absolute Gasteiger partial charge is 0.214 e. The van der Waals surface area contributed by atoms with Gasteiger partial charge in [-0.2, -0.15) is 5.26 Å². The summed E-state index contributed by atoms with van der Waals surface area (Å²) in [4.78, 5) is 0. The molecule has 0 aromatic rings. The molecule has 8 heavy (non-hydrogen) atoms. The van der Waals surface area contributed by atoms with E-state index >= 15 is 0 Å². The molecular weight excluding hydrogens is 124 g/mol. The topological polar surface area (TPSA) is 53.2 Å². The first-order valence-electron chi connectivity index (χ1n) is 2.24. The predicted molar refractivity (Wildman–Crippen MR) is 32.7 cm³/mol. The second-order valence-corrected chi connectivity index (χ2v) is 3.43. The van der Waals surface area contributed by atoms with Crippen LogP contribution in [-0.2, 0) is 10.6 Å². The van der Waals surface area contributed by atoms with Gasteiger partial charge in [-0.1, -0.05) is 13.8 Å². The van der Waals surface area contributed by atoms with E-state index in [1.165, 1.54) is 6.19 Å². The van der Waals surface area contributed by atoms with Gasteiger partial charge in [-0.15, -0.1) is 4.36 Å². The minimum Gasteiger partial charge on any atom is -0.251 e. The van der Waals surface area contributed by atoms with Crippen LogP contribution >= 0.6 is 0 Å². The molecule has 46 valence electrons. The summed E-state index contributed by atoms with van der Waals surface area (Å²) in [7, 11) is -1.63. The number of nitrogens with zero attached hydrogens (tertiary/aromatic N) is 2. The van der Waals surface area contributed by atoms with Crippen molar-refractivity contribution in [1.82, 2.24) is 0 Å². The molecule has 0 aromatic carbocycles. The molecule has 0 radical (unpaired) electrons. The van der Waals surface area contributed by atoms with E-state index in [1.54, 1.807) is 13.8 Å². The Kier molecular flexibility index (Phi) is 3.20. The first-order chi connectivity index (χ1) is 3.68. The molecule has 0 heterocycles. The summed E-state index contributed by atoms with van der Waals surface area (Å²) in [5, 5.41) is 7.88. The number of thiol groups is 1. The van der Waals surface area contributed by atoms with Crippen molar-refractivity contribution < 1.29 is 4.21 Å². The van der Waals surface area contributed by atoms with E-state index in [2.05, 4.69) is 4.36 Å². The number of rotatable bonds is 1. The molecule has 0 aliphatic carbocycles. The maximum atomic E-state index is 10.5. The molecule has 0 saturated heterocycles. The van der Waals surface area contributed by atoms with Crippen LogP contribution in [0.15, 0.2) is 4.36 Å². The molecule has 0 saturated carbocycles. The molecule has 0 aromatic heterocycles. The average Bonchev–Trinajstić information content (AvgIpc) is 1.67. The predicted octanol–water partition coefficient (Wildman–Crippen LogP) is 0.540. The molecule has 1 atom stereocenters. The van der Waals surface area contributed by atoms with E-state index in [0.29, 0.717) is 0 Å².